The number of rotatable bonds is 4. The molecule has 8 aliphatic rings. The van der Waals surface area contributed by atoms with Gasteiger partial charge in [-0.2, -0.15) is 0 Å². The Morgan fingerprint density at radius 2 is 1.27 bits per heavy atom. The molecule has 8 fully saturated rings. The smallest absolute Gasteiger partial charge is 0.341 e. The Bertz CT molecular complexity index is 1700. The van der Waals surface area contributed by atoms with E-state index in [1.807, 2.05) is 6.92 Å². The van der Waals surface area contributed by atoms with Crippen LogP contribution in [-0.2, 0) is 66.7 Å². The van der Waals surface area contributed by atoms with Crippen molar-refractivity contribution in [3.05, 3.63) is 0 Å². The molecule has 278 valence electrons. The van der Waals surface area contributed by atoms with Crippen molar-refractivity contribution in [2.75, 3.05) is 0 Å². The van der Waals surface area contributed by atoms with E-state index in [-0.39, 0.29) is 6.42 Å². The zero-order valence-corrected chi connectivity index (χ0v) is 30.0. The van der Waals surface area contributed by atoms with Crippen LogP contribution < -0.4 is 0 Å². The van der Waals surface area contributed by atoms with Crippen LogP contribution in [0.15, 0.2) is 0 Å². The zero-order chi connectivity index (χ0) is 37.3. The normalized spacial score (nSPS) is 55.2. The van der Waals surface area contributed by atoms with Crippen LogP contribution in [0, 0.1) is 57.7 Å². The third kappa shape index (κ3) is 3.87. The molecule has 1 spiro atoms. The van der Waals surface area contributed by atoms with Crippen molar-refractivity contribution < 1.29 is 71.8 Å². The van der Waals surface area contributed by atoms with Gasteiger partial charge in [-0.25, -0.2) is 4.79 Å². The summed E-state index contributed by atoms with van der Waals surface area (Å²) in [6, 6.07) is 0. The number of epoxide rings is 2. The number of carbonyl (C=O) groups is 7. The standard InChI is InChI=1S/C36H44O15/c1-11-19-22(34(8)35(9,44)31(43)51-36(34)28(11)50-36)26(45-12(2)37)20-18-21(27(46-13(3)38)30(33(19,20)7)48-15(5)40)32(6)16(23(41)24(18)42)10-17-25(49-17)29(32)47-14(4)39/h11,16-22,25-30,44H,10H2,1-9H3/t11-,16+,17-,18-,19-,20+,21+,22-,25-,26+,27-,28-,29-,30-,32-,33+,34-,35+,36+/m0/s1. The molecule has 0 amide bonds. The first-order valence-electron chi connectivity index (χ1n) is 17.7. The summed E-state index contributed by atoms with van der Waals surface area (Å²) in [7, 11) is 0. The van der Waals surface area contributed by atoms with Crippen molar-refractivity contribution in [1.82, 2.24) is 0 Å². The van der Waals surface area contributed by atoms with Gasteiger partial charge in [0.1, 0.15) is 36.6 Å². The number of aliphatic hydroxyl groups is 1. The minimum atomic E-state index is -2.18. The molecule has 15 nitrogen and oxygen atoms in total. The van der Waals surface area contributed by atoms with E-state index in [9.17, 15) is 38.7 Å². The minimum Gasteiger partial charge on any atom is -0.462 e. The summed E-state index contributed by atoms with van der Waals surface area (Å²) in [5.41, 5.74) is -6.57. The van der Waals surface area contributed by atoms with E-state index in [1.165, 1.54) is 34.6 Å². The van der Waals surface area contributed by atoms with E-state index < -0.39 is 153 Å². The highest BCUT2D eigenvalue weighted by Gasteiger charge is 2.93. The second kappa shape index (κ2) is 10.2. The molecule has 1 N–H and O–H groups in total. The van der Waals surface area contributed by atoms with Gasteiger partial charge < -0.3 is 38.3 Å². The lowest BCUT2D eigenvalue weighted by Crippen LogP contribution is -2.74. The molecule has 5 saturated carbocycles. The van der Waals surface area contributed by atoms with Gasteiger partial charge in [0.25, 0.3) is 0 Å². The molecular weight excluding hydrogens is 672 g/mol. The third-order valence-electron chi connectivity index (χ3n) is 14.8. The van der Waals surface area contributed by atoms with E-state index in [2.05, 4.69) is 0 Å². The molecule has 19 atom stereocenters. The fourth-order valence-electron chi connectivity index (χ4n) is 12.9. The highest BCUT2D eigenvalue weighted by atomic mass is 16.8. The number of ether oxygens (including phenoxy) is 7. The van der Waals surface area contributed by atoms with Gasteiger partial charge in [0.05, 0.1) is 11.5 Å². The highest BCUT2D eigenvalue weighted by molar-refractivity contribution is 6.40. The number of esters is 5. The average Bonchev–Trinajstić information content (AvgIpc) is 3.92. The molecule has 0 unspecified atom stereocenters. The number of carbonyl (C=O) groups excluding carboxylic acids is 7. The summed E-state index contributed by atoms with van der Waals surface area (Å²) in [5.74, 6) is -13.7. The van der Waals surface area contributed by atoms with Crippen molar-refractivity contribution in [1.29, 1.82) is 0 Å². The summed E-state index contributed by atoms with van der Waals surface area (Å²) >= 11 is 0. The van der Waals surface area contributed by atoms with Gasteiger partial charge in [-0.15, -0.1) is 0 Å². The summed E-state index contributed by atoms with van der Waals surface area (Å²) in [5, 5.41) is 12.0. The summed E-state index contributed by atoms with van der Waals surface area (Å²) < 4.78 is 42.5. The van der Waals surface area contributed by atoms with E-state index in [4.69, 9.17) is 33.2 Å². The summed E-state index contributed by atoms with van der Waals surface area (Å²) in [6.45, 7) is 13.1. The molecule has 3 aliphatic heterocycles. The van der Waals surface area contributed by atoms with Gasteiger partial charge in [0.2, 0.25) is 17.4 Å². The molecule has 0 aromatic carbocycles. The second-order valence-electron chi connectivity index (χ2n) is 17.0. The molecule has 0 aromatic heterocycles. The first-order chi connectivity index (χ1) is 23.6. The lowest BCUT2D eigenvalue weighted by molar-refractivity contribution is -0.256. The molecule has 8 rings (SSSR count). The van der Waals surface area contributed by atoms with Crippen LogP contribution in [0.4, 0.5) is 0 Å². The Kier molecular flexibility index (Phi) is 6.90. The van der Waals surface area contributed by atoms with Gasteiger partial charge in [-0.1, -0.05) is 20.8 Å². The maximum Gasteiger partial charge on any atom is 0.341 e. The first-order valence-corrected chi connectivity index (χ1v) is 17.7. The third-order valence-corrected chi connectivity index (χ3v) is 14.8. The van der Waals surface area contributed by atoms with Crippen molar-refractivity contribution in [3.63, 3.8) is 0 Å². The Hall–Kier alpha value is -3.43. The number of hydrogen-bond donors (Lipinski definition) is 1. The van der Waals surface area contributed by atoms with Crippen molar-refractivity contribution >= 4 is 41.4 Å². The van der Waals surface area contributed by atoms with Gasteiger partial charge in [0, 0.05) is 68.1 Å². The van der Waals surface area contributed by atoms with E-state index >= 15 is 0 Å². The fraction of sp³-hybridized carbons (Fsp3) is 0.806. The topological polar surface area (TPSA) is 211 Å². The maximum atomic E-state index is 14.9. The summed E-state index contributed by atoms with van der Waals surface area (Å²) in [4.78, 5) is 94.8. The molecule has 51 heavy (non-hydrogen) atoms. The largest absolute Gasteiger partial charge is 0.462 e. The Labute approximate surface area is 293 Å². The van der Waals surface area contributed by atoms with E-state index in [0.29, 0.717) is 0 Å². The Balaban J connectivity index is 1.42. The molecule has 5 aliphatic carbocycles. The molecule has 15 heteroatoms. The lowest BCUT2D eigenvalue weighted by atomic mass is 9.41. The zero-order valence-electron chi connectivity index (χ0n) is 30.0. The Morgan fingerprint density at radius 3 is 1.86 bits per heavy atom. The monoisotopic (exact) mass is 716 g/mol. The van der Waals surface area contributed by atoms with Crippen LogP contribution in [0.3, 0.4) is 0 Å². The number of fused-ring (bicyclic) bond motifs is 9. The molecule has 3 saturated heterocycles. The second-order valence-corrected chi connectivity index (χ2v) is 17.0. The molecule has 0 radical (unpaired) electrons. The number of ketones is 2. The van der Waals surface area contributed by atoms with E-state index in [0.717, 1.165) is 0 Å². The van der Waals surface area contributed by atoms with Gasteiger partial charge >= 0.3 is 29.8 Å². The predicted molar refractivity (Wildman–Crippen MR) is 164 cm³/mol. The van der Waals surface area contributed by atoms with Crippen LogP contribution in [0.2, 0.25) is 0 Å². The van der Waals surface area contributed by atoms with Crippen LogP contribution in [0.1, 0.15) is 68.7 Å². The maximum absolute atomic E-state index is 14.9. The van der Waals surface area contributed by atoms with Crippen LogP contribution in [0.5, 0.6) is 0 Å². The van der Waals surface area contributed by atoms with Gasteiger partial charge in [0.15, 0.2) is 5.60 Å². The SMILES string of the molecule is CC(=O)O[C@@H]1[C@H]2[C@@H]3C(=O)C(=O)[C@H]4C[C@@H]5O[C@@H]5[C@H](OC(C)=O)[C@]4(C)[C@H]3[C@H](OC(C)=O)[C@H](OC(C)=O)[C@]2(C)[C@H]2[C@H](C)[C@@H]3O[C@@]34OC(=O)[C@@](C)(O)[C@]4(C)[C@H]12. The quantitative estimate of drug-likeness (QED) is 0.185. The van der Waals surface area contributed by atoms with Crippen LogP contribution >= 0.6 is 0 Å². The first kappa shape index (κ1) is 34.6. The molecule has 3 heterocycles. The van der Waals surface area contributed by atoms with Crippen LogP contribution in [0.25, 0.3) is 0 Å². The van der Waals surface area contributed by atoms with Gasteiger partial charge in [-0.05, 0) is 32.1 Å². The van der Waals surface area contributed by atoms with Crippen LogP contribution in [-0.4, -0.2) is 101 Å². The lowest BCUT2D eigenvalue weighted by Gasteiger charge is -2.63. The van der Waals surface area contributed by atoms with Crippen molar-refractivity contribution in [2.24, 2.45) is 57.7 Å². The van der Waals surface area contributed by atoms with Crippen molar-refractivity contribution in [2.45, 2.75) is 123 Å². The van der Waals surface area contributed by atoms with E-state index in [1.54, 1.807) is 20.8 Å². The predicted octanol–water partition coefficient (Wildman–Crippen LogP) is 0.832. The molecule has 0 bridgehead atoms. The summed E-state index contributed by atoms with van der Waals surface area (Å²) in [6.07, 6.45) is -6.63. The fourth-order valence-corrected chi connectivity index (χ4v) is 12.9. The average molecular weight is 717 g/mol. The highest BCUT2D eigenvalue weighted by Crippen LogP contribution is 2.81. The van der Waals surface area contributed by atoms with Gasteiger partial charge in [-0.3, -0.25) is 28.8 Å². The number of hydrogen-bond acceptors (Lipinski definition) is 15. The molecular formula is C36H44O15. The number of Topliss-reactive ketones (excluding diaryl/α,β-unsaturated/α-hetero) is 2. The Morgan fingerprint density at radius 1 is 0.725 bits per heavy atom. The molecule has 0 aromatic rings. The minimum absolute atomic E-state index is 0.150. The van der Waals surface area contributed by atoms with Crippen molar-refractivity contribution in [3.8, 4) is 0 Å².